The summed E-state index contributed by atoms with van der Waals surface area (Å²) < 4.78 is 26.3. The molecule has 0 spiro atoms. The second-order valence-corrected chi connectivity index (χ2v) is 7.60. The predicted molar refractivity (Wildman–Crippen MR) is 82.4 cm³/mol. The Morgan fingerprint density at radius 3 is 2.67 bits per heavy atom. The lowest BCUT2D eigenvalue weighted by molar-refractivity contribution is -0.125. The van der Waals surface area contributed by atoms with Crippen LogP contribution in [0.1, 0.15) is 18.4 Å². The Bertz CT molecular complexity index is 601. The number of sulfonamides is 1. The van der Waals surface area contributed by atoms with Crippen molar-refractivity contribution in [2.45, 2.75) is 18.6 Å². The molecular formula is C14H19ClN2O3S. The zero-order valence-corrected chi connectivity index (χ0v) is 13.5. The number of carbonyl (C=O) groups is 1. The fourth-order valence-electron chi connectivity index (χ4n) is 2.50. The molecule has 1 aliphatic rings. The first kappa shape index (κ1) is 16.3. The molecule has 1 aromatic carbocycles. The quantitative estimate of drug-likeness (QED) is 0.912. The summed E-state index contributed by atoms with van der Waals surface area (Å²) >= 11 is 5.80. The highest BCUT2D eigenvalue weighted by atomic mass is 35.5. The number of nitrogens with zero attached hydrogens (tertiary/aromatic N) is 1. The summed E-state index contributed by atoms with van der Waals surface area (Å²) in [6.45, 7) is 0.735. The van der Waals surface area contributed by atoms with Gasteiger partial charge in [-0.25, -0.2) is 12.7 Å². The zero-order chi connectivity index (χ0) is 15.5. The van der Waals surface area contributed by atoms with Crippen LogP contribution in [-0.4, -0.2) is 38.8 Å². The van der Waals surface area contributed by atoms with E-state index in [1.807, 2.05) is 0 Å². The van der Waals surface area contributed by atoms with E-state index in [2.05, 4.69) is 5.32 Å². The van der Waals surface area contributed by atoms with E-state index in [-0.39, 0.29) is 24.1 Å². The van der Waals surface area contributed by atoms with Crippen LogP contribution >= 0.6 is 11.6 Å². The number of benzene rings is 1. The predicted octanol–water partition coefficient (Wildman–Crippen LogP) is 1.63. The number of piperidine rings is 1. The molecule has 1 heterocycles. The molecule has 0 saturated carbocycles. The molecule has 0 bridgehead atoms. The molecule has 0 aliphatic carbocycles. The minimum atomic E-state index is -3.41. The normalized spacial score (nSPS) is 20.2. The first-order valence-electron chi connectivity index (χ1n) is 6.86. The zero-order valence-electron chi connectivity index (χ0n) is 11.9. The Kier molecular flexibility index (Phi) is 5.24. The number of amides is 1. The molecule has 1 fully saturated rings. The van der Waals surface area contributed by atoms with Gasteiger partial charge in [-0.1, -0.05) is 23.7 Å². The van der Waals surface area contributed by atoms with E-state index in [0.717, 1.165) is 6.42 Å². The van der Waals surface area contributed by atoms with E-state index in [4.69, 9.17) is 11.6 Å². The molecule has 1 N–H and O–H groups in total. The summed E-state index contributed by atoms with van der Waals surface area (Å²) in [4.78, 5) is 11.7. The van der Waals surface area contributed by atoms with Gasteiger partial charge in [0, 0.05) is 25.2 Å². The Morgan fingerprint density at radius 1 is 1.38 bits per heavy atom. The number of hydrogen-bond donors (Lipinski definition) is 1. The van der Waals surface area contributed by atoms with Crippen LogP contribution in [0.15, 0.2) is 24.3 Å². The van der Waals surface area contributed by atoms with Gasteiger partial charge in [-0.05, 0) is 30.5 Å². The van der Waals surface area contributed by atoms with Crippen LogP contribution in [-0.2, 0) is 20.6 Å². The van der Waals surface area contributed by atoms with Crippen molar-refractivity contribution in [1.82, 2.24) is 9.62 Å². The summed E-state index contributed by atoms with van der Waals surface area (Å²) in [7, 11) is -1.84. The monoisotopic (exact) mass is 330 g/mol. The van der Waals surface area contributed by atoms with E-state index >= 15 is 0 Å². The fraction of sp³-hybridized carbons (Fsp3) is 0.500. The Hall–Kier alpha value is -1.11. The number of carbonyl (C=O) groups excluding carboxylic acids is 1. The van der Waals surface area contributed by atoms with Gasteiger partial charge in [-0.3, -0.25) is 4.79 Å². The summed E-state index contributed by atoms with van der Waals surface area (Å²) in [6.07, 6.45) is 1.44. The van der Waals surface area contributed by atoms with Gasteiger partial charge in [-0.2, -0.15) is 0 Å². The summed E-state index contributed by atoms with van der Waals surface area (Å²) in [5.41, 5.74) is 0.696. The summed E-state index contributed by atoms with van der Waals surface area (Å²) in [5, 5.41) is 3.17. The molecule has 1 aromatic rings. The van der Waals surface area contributed by atoms with Gasteiger partial charge >= 0.3 is 0 Å². The topological polar surface area (TPSA) is 66.5 Å². The minimum absolute atomic E-state index is 0.0648. The molecule has 21 heavy (non-hydrogen) atoms. The molecule has 0 aromatic heterocycles. The fourth-order valence-corrected chi connectivity index (χ4v) is 4.23. The molecular weight excluding hydrogens is 312 g/mol. The molecule has 116 valence electrons. The number of hydrogen-bond acceptors (Lipinski definition) is 3. The standard InChI is InChI=1S/C14H19ClN2O3S/c1-16-14(18)12-3-2-8-17(9-12)21(19,20)10-11-4-6-13(15)7-5-11/h4-7,12H,2-3,8-10H2,1H3,(H,16,18)/t12-/m0/s1. The van der Waals surface area contributed by atoms with Crippen molar-refractivity contribution in [1.29, 1.82) is 0 Å². The highest BCUT2D eigenvalue weighted by Crippen LogP contribution is 2.22. The number of rotatable bonds is 4. The minimum Gasteiger partial charge on any atom is -0.359 e. The van der Waals surface area contributed by atoms with Crippen LogP contribution in [0.5, 0.6) is 0 Å². The van der Waals surface area contributed by atoms with Crippen LogP contribution in [0.25, 0.3) is 0 Å². The lowest BCUT2D eigenvalue weighted by Gasteiger charge is -2.31. The van der Waals surface area contributed by atoms with Crippen LogP contribution in [0.2, 0.25) is 5.02 Å². The second kappa shape index (κ2) is 6.77. The van der Waals surface area contributed by atoms with Crippen molar-refractivity contribution >= 4 is 27.5 Å². The maximum atomic E-state index is 12.5. The van der Waals surface area contributed by atoms with Crippen LogP contribution in [0.4, 0.5) is 0 Å². The number of halogens is 1. The van der Waals surface area contributed by atoms with Gasteiger partial charge in [-0.15, -0.1) is 0 Å². The smallest absolute Gasteiger partial charge is 0.224 e. The SMILES string of the molecule is CNC(=O)[C@H]1CCCN(S(=O)(=O)Cc2ccc(Cl)cc2)C1. The lowest BCUT2D eigenvalue weighted by Crippen LogP contribution is -2.45. The van der Waals surface area contributed by atoms with Crippen molar-refractivity contribution in [2.24, 2.45) is 5.92 Å². The van der Waals surface area contributed by atoms with Gasteiger partial charge in [0.25, 0.3) is 0 Å². The molecule has 2 rings (SSSR count). The second-order valence-electron chi connectivity index (χ2n) is 5.19. The van der Waals surface area contributed by atoms with Gasteiger partial charge in [0.15, 0.2) is 0 Å². The molecule has 7 heteroatoms. The third kappa shape index (κ3) is 4.18. The summed E-state index contributed by atoms with van der Waals surface area (Å²) in [6, 6.07) is 6.77. The molecule has 1 aliphatic heterocycles. The van der Waals surface area contributed by atoms with Crippen LogP contribution in [0, 0.1) is 5.92 Å². The third-order valence-corrected chi connectivity index (χ3v) is 5.73. The molecule has 0 unspecified atom stereocenters. The maximum Gasteiger partial charge on any atom is 0.224 e. The Labute approximate surface area is 130 Å². The van der Waals surface area contributed by atoms with Crippen molar-refractivity contribution in [3.8, 4) is 0 Å². The number of nitrogens with one attached hydrogen (secondary N) is 1. The molecule has 0 radical (unpaired) electrons. The van der Waals surface area contributed by atoms with Gasteiger partial charge < -0.3 is 5.32 Å². The van der Waals surface area contributed by atoms with Crippen LogP contribution < -0.4 is 5.32 Å². The first-order chi connectivity index (χ1) is 9.92. The van der Waals surface area contributed by atoms with E-state index < -0.39 is 10.0 Å². The van der Waals surface area contributed by atoms with Gasteiger partial charge in [0.1, 0.15) is 0 Å². The highest BCUT2D eigenvalue weighted by Gasteiger charge is 2.31. The van der Waals surface area contributed by atoms with E-state index in [1.165, 1.54) is 4.31 Å². The molecule has 1 saturated heterocycles. The average Bonchev–Trinajstić information content (AvgIpc) is 2.49. The van der Waals surface area contributed by atoms with Crippen molar-refractivity contribution in [3.63, 3.8) is 0 Å². The van der Waals surface area contributed by atoms with Gasteiger partial charge in [0.05, 0.1) is 11.7 Å². The largest absolute Gasteiger partial charge is 0.359 e. The molecule has 1 atom stereocenters. The average molecular weight is 331 g/mol. The van der Waals surface area contributed by atoms with Crippen molar-refractivity contribution in [2.75, 3.05) is 20.1 Å². The van der Waals surface area contributed by atoms with E-state index in [0.29, 0.717) is 23.6 Å². The first-order valence-corrected chi connectivity index (χ1v) is 8.85. The maximum absolute atomic E-state index is 12.5. The summed E-state index contributed by atoms with van der Waals surface area (Å²) in [5.74, 6) is -0.421. The van der Waals surface area contributed by atoms with E-state index in [9.17, 15) is 13.2 Å². The van der Waals surface area contributed by atoms with Crippen molar-refractivity contribution in [3.05, 3.63) is 34.9 Å². The lowest BCUT2D eigenvalue weighted by atomic mass is 9.99. The third-order valence-electron chi connectivity index (χ3n) is 3.66. The highest BCUT2D eigenvalue weighted by molar-refractivity contribution is 7.88. The van der Waals surface area contributed by atoms with Gasteiger partial charge in [0.2, 0.25) is 15.9 Å². The van der Waals surface area contributed by atoms with Crippen molar-refractivity contribution < 1.29 is 13.2 Å². The van der Waals surface area contributed by atoms with Crippen LogP contribution in [0.3, 0.4) is 0 Å². The van der Waals surface area contributed by atoms with E-state index in [1.54, 1.807) is 31.3 Å². The molecule has 5 nitrogen and oxygen atoms in total. The molecule has 1 amide bonds. The Morgan fingerprint density at radius 2 is 2.05 bits per heavy atom. The Balaban J connectivity index is 2.08.